The molecule has 2 unspecified atom stereocenters. The molecule has 2 heterocycles. The van der Waals surface area contributed by atoms with E-state index in [4.69, 9.17) is 4.74 Å². The van der Waals surface area contributed by atoms with Crippen molar-refractivity contribution in [2.75, 3.05) is 18.5 Å². The van der Waals surface area contributed by atoms with Crippen LogP contribution in [0.25, 0.3) is 0 Å². The van der Waals surface area contributed by atoms with Crippen molar-refractivity contribution in [2.45, 2.75) is 39.8 Å². The Morgan fingerprint density at radius 2 is 2.37 bits per heavy atom. The summed E-state index contributed by atoms with van der Waals surface area (Å²) in [6, 6.07) is 0. The summed E-state index contributed by atoms with van der Waals surface area (Å²) in [6.45, 7) is 7.66. The molecule has 0 aromatic carbocycles. The second-order valence-corrected chi connectivity index (χ2v) is 4.86. The van der Waals surface area contributed by atoms with Gasteiger partial charge in [-0.3, -0.25) is 10.1 Å². The first-order chi connectivity index (χ1) is 9.04. The number of aryl methyl sites for hydroxylation is 2. The topological polar surface area (TPSA) is 82.2 Å². The van der Waals surface area contributed by atoms with Crippen LogP contribution in [0.5, 0.6) is 0 Å². The number of nitrogens with one attached hydrogen (secondary N) is 1. The van der Waals surface area contributed by atoms with E-state index in [0.717, 1.165) is 13.0 Å². The highest BCUT2D eigenvalue weighted by Crippen LogP contribution is 2.29. The Bertz CT molecular complexity index is 472. The average molecular weight is 268 g/mol. The number of ether oxygens (including phenoxy) is 1. The van der Waals surface area contributed by atoms with E-state index in [-0.39, 0.29) is 16.7 Å². The van der Waals surface area contributed by atoms with Crippen LogP contribution in [-0.4, -0.2) is 34.0 Å². The number of nitro groups is 1. The van der Waals surface area contributed by atoms with Gasteiger partial charge in [-0.15, -0.1) is 0 Å². The molecule has 0 spiro atoms. The van der Waals surface area contributed by atoms with Gasteiger partial charge in [0.15, 0.2) is 0 Å². The zero-order valence-electron chi connectivity index (χ0n) is 11.5. The zero-order chi connectivity index (χ0) is 14.0. The summed E-state index contributed by atoms with van der Waals surface area (Å²) in [6.07, 6.45) is 1.19. The number of nitrogens with zero attached hydrogens (tertiary/aromatic N) is 3. The predicted octanol–water partition coefficient (Wildman–Crippen LogP) is 1.96. The maximum absolute atomic E-state index is 11.1. The van der Waals surface area contributed by atoms with Crippen molar-refractivity contribution in [3.8, 4) is 0 Å². The molecule has 7 heteroatoms. The fraction of sp³-hybridized carbons (Fsp3) is 0.750. The van der Waals surface area contributed by atoms with Crippen LogP contribution in [0, 0.1) is 23.0 Å². The predicted molar refractivity (Wildman–Crippen MR) is 71.3 cm³/mol. The quantitative estimate of drug-likeness (QED) is 0.652. The Hall–Kier alpha value is -1.63. The molecule has 7 nitrogen and oxygen atoms in total. The zero-order valence-corrected chi connectivity index (χ0v) is 11.5. The van der Waals surface area contributed by atoms with Crippen LogP contribution < -0.4 is 5.32 Å². The molecular weight excluding hydrogens is 248 g/mol. The molecule has 1 aromatic rings. The van der Waals surface area contributed by atoms with Crippen molar-refractivity contribution >= 4 is 11.5 Å². The number of aromatic nitrogens is 2. The summed E-state index contributed by atoms with van der Waals surface area (Å²) >= 11 is 0. The van der Waals surface area contributed by atoms with Gasteiger partial charge in [-0.25, -0.2) is 4.68 Å². The minimum atomic E-state index is -0.370. The summed E-state index contributed by atoms with van der Waals surface area (Å²) < 4.78 is 7.14. The largest absolute Gasteiger partial charge is 0.378 e. The van der Waals surface area contributed by atoms with Crippen molar-refractivity contribution < 1.29 is 9.66 Å². The first-order valence-corrected chi connectivity index (χ1v) is 6.61. The molecule has 0 radical (unpaired) electrons. The summed E-state index contributed by atoms with van der Waals surface area (Å²) in [5.41, 5.74) is 0.526. The lowest BCUT2D eigenvalue weighted by atomic mass is 10.0. The van der Waals surface area contributed by atoms with Crippen LogP contribution in [0.2, 0.25) is 0 Å². The number of anilines is 1. The van der Waals surface area contributed by atoms with Crippen LogP contribution >= 0.6 is 0 Å². The first-order valence-electron chi connectivity index (χ1n) is 6.61. The molecule has 2 atom stereocenters. The van der Waals surface area contributed by atoms with Crippen molar-refractivity contribution in [1.82, 2.24) is 9.78 Å². The standard InChI is InChI=1S/C12H20N4O3/c1-4-15-12(11(16(17)18)8(2)14-15)13-7-10-5-6-19-9(10)3/h9-10,13H,4-7H2,1-3H3. The van der Waals surface area contributed by atoms with E-state index in [0.29, 0.717) is 30.5 Å². The van der Waals surface area contributed by atoms with E-state index in [1.807, 2.05) is 13.8 Å². The molecule has 1 aliphatic rings. The van der Waals surface area contributed by atoms with Crippen LogP contribution in [0.3, 0.4) is 0 Å². The van der Waals surface area contributed by atoms with Crippen molar-refractivity contribution in [2.24, 2.45) is 5.92 Å². The molecule has 106 valence electrons. The van der Waals surface area contributed by atoms with E-state index in [1.165, 1.54) is 0 Å². The lowest BCUT2D eigenvalue weighted by Gasteiger charge is -2.15. The fourth-order valence-electron chi connectivity index (χ4n) is 2.47. The second kappa shape index (κ2) is 5.56. The van der Waals surface area contributed by atoms with Crippen LogP contribution in [-0.2, 0) is 11.3 Å². The molecule has 0 aliphatic carbocycles. The van der Waals surface area contributed by atoms with Gasteiger partial charge in [0.1, 0.15) is 5.69 Å². The molecule has 1 saturated heterocycles. The van der Waals surface area contributed by atoms with E-state index >= 15 is 0 Å². The molecule has 0 saturated carbocycles. The van der Waals surface area contributed by atoms with Gasteiger partial charge in [-0.1, -0.05) is 0 Å². The summed E-state index contributed by atoms with van der Waals surface area (Å²) in [4.78, 5) is 10.8. The molecular formula is C12H20N4O3. The van der Waals surface area contributed by atoms with Crippen LogP contribution in [0.4, 0.5) is 11.5 Å². The highest BCUT2D eigenvalue weighted by Gasteiger charge is 2.28. The molecule has 2 rings (SSSR count). The maximum Gasteiger partial charge on any atom is 0.333 e. The Morgan fingerprint density at radius 3 is 2.89 bits per heavy atom. The smallest absolute Gasteiger partial charge is 0.333 e. The third-order valence-electron chi connectivity index (χ3n) is 3.64. The van der Waals surface area contributed by atoms with E-state index in [2.05, 4.69) is 10.4 Å². The van der Waals surface area contributed by atoms with Gasteiger partial charge in [0.25, 0.3) is 0 Å². The molecule has 1 N–H and O–H groups in total. The van der Waals surface area contributed by atoms with E-state index in [1.54, 1.807) is 11.6 Å². The Kier molecular flexibility index (Phi) is 4.04. The lowest BCUT2D eigenvalue weighted by Crippen LogP contribution is -2.22. The van der Waals surface area contributed by atoms with Crippen LogP contribution in [0.1, 0.15) is 26.0 Å². The highest BCUT2D eigenvalue weighted by molar-refractivity contribution is 5.59. The Balaban J connectivity index is 2.16. The molecule has 1 aromatic heterocycles. The molecule has 1 fully saturated rings. The number of rotatable bonds is 5. The lowest BCUT2D eigenvalue weighted by molar-refractivity contribution is -0.384. The third-order valence-corrected chi connectivity index (χ3v) is 3.64. The van der Waals surface area contributed by atoms with Gasteiger partial charge < -0.3 is 10.1 Å². The van der Waals surface area contributed by atoms with Gasteiger partial charge >= 0.3 is 5.69 Å². The van der Waals surface area contributed by atoms with Crippen molar-refractivity contribution in [1.29, 1.82) is 0 Å². The van der Waals surface area contributed by atoms with Gasteiger partial charge in [-0.05, 0) is 27.2 Å². The maximum atomic E-state index is 11.1. The molecule has 1 aliphatic heterocycles. The molecule has 19 heavy (non-hydrogen) atoms. The highest BCUT2D eigenvalue weighted by atomic mass is 16.6. The van der Waals surface area contributed by atoms with E-state index in [9.17, 15) is 10.1 Å². The SMILES string of the molecule is CCn1nc(C)c([N+](=O)[O-])c1NCC1CCOC1C. The monoisotopic (exact) mass is 268 g/mol. The summed E-state index contributed by atoms with van der Waals surface area (Å²) in [7, 11) is 0. The molecule has 0 amide bonds. The number of hydrogen-bond acceptors (Lipinski definition) is 5. The Morgan fingerprint density at radius 1 is 1.63 bits per heavy atom. The fourth-order valence-corrected chi connectivity index (χ4v) is 2.47. The third kappa shape index (κ3) is 2.70. The van der Waals surface area contributed by atoms with Gasteiger partial charge in [0.05, 0.1) is 11.0 Å². The summed E-state index contributed by atoms with van der Waals surface area (Å²) in [5.74, 6) is 0.893. The Labute approximate surface area is 112 Å². The van der Waals surface area contributed by atoms with Gasteiger partial charge in [-0.2, -0.15) is 5.10 Å². The second-order valence-electron chi connectivity index (χ2n) is 4.86. The number of hydrogen-bond donors (Lipinski definition) is 1. The normalized spacial score (nSPS) is 22.7. The van der Waals surface area contributed by atoms with Crippen LogP contribution in [0.15, 0.2) is 0 Å². The molecule has 0 bridgehead atoms. The van der Waals surface area contributed by atoms with Crippen molar-refractivity contribution in [3.63, 3.8) is 0 Å². The van der Waals surface area contributed by atoms with Crippen molar-refractivity contribution in [3.05, 3.63) is 15.8 Å². The first kappa shape index (κ1) is 13.8. The van der Waals surface area contributed by atoms with E-state index < -0.39 is 0 Å². The summed E-state index contributed by atoms with van der Waals surface area (Å²) in [5, 5.41) is 18.5. The van der Waals surface area contributed by atoms with Gasteiger partial charge in [0.2, 0.25) is 5.82 Å². The minimum Gasteiger partial charge on any atom is -0.378 e. The van der Waals surface area contributed by atoms with Gasteiger partial charge in [0, 0.05) is 25.6 Å². The minimum absolute atomic E-state index is 0.0772. The average Bonchev–Trinajstić information content (AvgIpc) is 2.90.